The third-order valence-corrected chi connectivity index (χ3v) is 6.74. The van der Waals surface area contributed by atoms with Crippen LogP contribution in [0.25, 0.3) is 4.85 Å². The Balaban J connectivity index is 1.93. The summed E-state index contributed by atoms with van der Waals surface area (Å²) < 4.78 is 42.1. The van der Waals surface area contributed by atoms with Crippen LogP contribution in [0.15, 0.2) is 46.1 Å². The lowest BCUT2D eigenvalue weighted by atomic mass is 10.2. The van der Waals surface area contributed by atoms with Gasteiger partial charge in [-0.1, -0.05) is 17.7 Å². The highest BCUT2D eigenvalue weighted by Gasteiger charge is 2.23. The molecule has 168 valence electrons. The standard InChI is InChI=1S/C20H20ClFN6O2S2/c1-23-6-7-28(3)18-8-13(24-2)4-5-16(18)26-17-10-15(22)19(9-14(17)21)32(29,30)27-20-11-31-12-25-20/h4-5,8-12,23,26-27H,6-7H2,1,3H3. The minimum absolute atomic E-state index is 0.0168. The molecule has 3 rings (SSSR count). The van der Waals surface area contributed by atoms with Gasteiger partial charge in [0.25, 0.3) is 10.0 Å². The van der Waals surface area contributed by atoms with Crippen molar-refractivity contribution in [3.8, 4) is 0 Å². The van der Waals surface area contributed by atoms with E-state index in [0.717, 1.165) is 12.1 Å². The van der Waals surface area contributed by atoms with Gasteiger partial charge < -0.3 is 15.5 Å². The van der Waals surface area contributed by atoms with Gasteiger partial charge in [0.2, 0.25) is 0 Å². The number of nitrogens with one attached hydrogen (secondary N) is 3. The highest BCUT2D eigenvalue weighted by molar-refractivity contribution is 7.92. The Kier molecular flexibility index (Phi) is 7.52. The highest BCUT2D eigenvalue weighted by atomic mass is 35.5. The van der Waals surface area contributed by atoms with Crippen LogP contribution < -0.4 is 20.3 Å². The minimum Gasteiger partial charge on any atom is -0.373 e. The first kappa shape index (κ1) is 23.7. The second kappa shape index (κ2) is 10.1. The fraction of sp³-hybridized carbons (Fsp3) is 0.200. The van der Waals surface area contributed by atoms with Crippen LogP contribution in [0.1, 0.15) is 0 Å². The third kappa shape index (κ3) is 5.46. The molecule has 3 N–H and O–H groups in total. The van der Waals surface area contributed by atoms with Crippen molar-refractivity contribution in [3.05, 3.63) is 63.5 Å². The van der Waals surface area contributed by atoms with Gasteiger partial charge in [-0.25, -0.2) is 22.6 Å². The van der Waals surface area contributed by atoms with Gasteiger partial charge in [-0.05, 0) is 25.2 Å². The molecular formula is C20H20ClFN6O2S2. The van der Waals surface area contributed by atoms with Crippen LogP contribution >= 0.6 is 22.9 Å². The number of likely N-dealkylation sites (N-methyl/N-ethyl adjacent to an activating group) is 2. The Morgan fingerprint density at radius 3 is 2.72 bits per heavy atom. The molecule has 3 aromatic rings. The Hall–Kier alpha value is -2.91. The van der Waals surface area contributed by atoms with Gasteiger partial charge in [0, 0.05) is 37.3 Å². The number of nitrogens with zero attached hydrogens (tertiary/aromatic N) is 3. The zero-order valence-electron chi connectivity index (χ0n) is 17.2. The number of anilines is 4. The summed E-state index contributed by atoms with van der Waals surface area (Å²) in [5.74, 6) is -0.871. The van der Waals surface area contributed by atoms with Crippen molar-refractivity contribution in [2.45, 2.75) is 4.90 Å². The summed E-state index contributed by atoms with van der Waals surface area (Å²) in [5.41, 5.74) is 3.41. The number of hydrogen-bond donors (Lipinski definition) is 3. The van der Waals surface area contributed by atoms with Crippen molar-refractivity contribution in [2.75, 3.05) is 42.1 Å². The second-order valence-corrected chi connectivity index (χ2v) is 9.48. The van der Waals surface area contributed by atoms with E-state index in [1.165, 1.54) is 22.2 Å². The van der Waals surface area contributed by atoms with E-state index >= 15 is 0 Å². The Bertz CT molecular complexity index is 1250. The predicted octanol–water partition coefficient (Wildman–Crippen LogP) is 4.69. The van der Waals surface area contributed by atoms with E-state index in [1.54, 1.807) is 18.2 Å². The summed E-state index contributed by atoms with van der Waals surface area (Å²) in [6.07, 6.45) is 0. The van der Waals surface area contributed by atoms with Crippen molar-refractivity contribution in [1.29, 1.82) is 0 Å². The van der Waals surface area contributed by atoms with Crippen LogP contribution in [0.5, 0.6) is 0 Å². The zero-order valence-corrected chi connectivity index (χ0v) is 19.6. The van der Waals surface area contributed by atoms with Gasteiger partial charge in [-0.3, -0.25) is 4.72 Å². The molecule has 0 bridgehead atoms. The van der Waals surface area contributed by atoms with Crippen LogP contribution in [-0.4, -0.2) is 40.6 Å². The largest absolute Gasteiger partial charge is 0.373 e. The van der Waals surface area contributed by atoms with E-state index in [0.29, 0.717) is 30.2 Å². The molecule has 0 aliphatic carbocycles. The van der Waals surface area contributed by atoms with Gasteiger partial charge in [-0.2, -0.15) is 0 Å². The van der Waals surface area contributed by atoms with E-state index < -0.39 is 20.7 Å². The lowest BCUT2D eigenvalue weighted by molar-refractivity contribution is 0.570. The average Bonchev–Trinajstić information content (AvgIpc) is 3.26. The summed E-state index contributed by atoms with van der Waals surface area (Å²) >= 11 is 7.51. The fourth-order valence-corrected chi connectivity index (χ4v) is 4.76. The Morgan fingerprint density at radius 1 is 1.28 bits per heavy atom. The zero-order chi connectivity index (χ0) is 23.3. The summed E-state index contributed by atoms with van der Waals surface area (Å²) in [6, 6.07) is 7.11. The molecule has 2 aromatic carbocycles. The van der Waals surface area contributed by atoms with Gasteiger partial charge >= 0.3 is 0 Å². The lowest BCUT2D eigenvalue weighted by Crippen LogP contribution is -2.27. The fourth-order valence-electron chi connectivity index (χ4n) is 2.84. The van der Waals surface area contributed by atoms with Crippen molar-refractivity contribution in [2.24, 2.45) is 0 Å². The van der Waals surface area contributed by atoms with Gasteiger partial charge in [0.1, 0.15) is 10.7 Å². The van der Waals surface area contributed by atoms with Gasteiger partial charge in [0.05, 0.1) is 28.5 Å². The predicted molar refractivity (Wildman–Crippen MR) is 128 cm³/mol. The van der Waals surface area contributed by atoms with Crippen LogP contribution in [0.3, 0.4) is 0 Å². The first-order chi connectivity index (χ1) is 15.2. The van der Waals surface area contributed by atoms with E-state index in [4.69, 9.17) is 18.2 Å². The summed E-state index contributed by atoms with van der Waals surface area (Å²) in [5, 5.41) is 7.62. The van der Waals surface area contributed by atoms with Crippen molar-refractivity contribution < 1.29 is 12.8 Å². The summed E-state index contributed by atoms with van der Waals surface area (Å²) in [4.78, 5) is 8.65. The summed E-state index contributed by atoms with van der Waals surface area (Å²) in [6.45, 7) is 8.64. The van der Waals surface area contributed by atoms with E-state index in [2.05, 4.69) is 25.2 Å². The van der Waals surface area contributed by atoms with E-state index in [1.807, 2.05) is 19.0 Å². The first-order valence-corrected chi connectivity index (χ1v) is 12.1. The molecule has 0 amide bonds. The number of halogens is 2. The molecule has 32 heavy (non-hydrogen) atoms. The molecule has 0 unspecified atom stereocenters. The minimum atomic E-state index is -4.21. The van der Waals surface area contributed by atoms with Crippen LogP contribution in [-0.2, 0) is 10.0 Å². The third-order valence-electron chi connectivity index (χ3n) is 4.47. The Labute approximate surface area is 194 Å². The second-order valence-electron chi connectivity index (χ2n) is 6.71. The maximum Gasteiger partial charge on any atom is 0.266 e. The molecule has 0 saturated heterocycles. The molecule has 0 radical (unpaired) electrons. The first-order valence-electron chi connectivity index (χ1n) is 9.29. The van der Waals surface area contributed by atoms with Gasteiger partial charge in [-0.15, -0.1) is 11.3 Å². The topological polar surface area (TPSA) is 90.7 Å². The average molecular weight is 495 g/mol. The normalized spacial score (nSPS) is 11.1. The van der Waals surface area contributed by atoms with E-state index in [-0.39, 0.29) is 16.5 Å². The summed E-state index contributed by atoms with van der Waals surface area (Å²) in [7, 11) is -0.502. The SMILES string of the molecule is [C-]#[N+]c1ccc(Nc2cc(F)c(S(=O)(=O)Nc3cscn3)cc2Cl)c(N(C)CCNC)c1. The van der Waals surface area contributed by atoms with Crippen LogP contribution in [0.2, 0.25) is 5.02 Å². The maximum absolute atomic E-state index is 14.8. The van der Waals surface area contributed by atoms with Crippen molar-refractivity contribution >= 4 is 61.5 Å². The van der Waals surface area contributed by atoms with Crippen LogP contribution in [0.4, 0.5) is 33.0 Å². The number of thiazole rings is 1. The molecule has 1 aromatic heterocycles. The maximum atomic E-state index is 14.8. The quantitative estimate of drug-likeness (QED) is 0.374. The smallest absolute Gasteiger partial charge is 0.266 e. The molecule has 8 nitrogen and oxygen atoms in total. The number of aromatic nitrogens is 1. The van der Waals surface area contributed by atoms with Crippen LogP contribution in [0, 0.1) is 12.4 Å². The Morgan fingerprint density at radius 2 is 2.06 bits per heavy atom. The number of rotatable bonds is 9. The molecular weight excluding hydrogens is 475 g/mol. The molecule has 0 spiro atoms. The molecule has 0 aliphatic heterocycles. The number of benzene rings is 2. The molecule has 0 aliphatic rings. The molecule has 0 atom stereocenters. The molecule has 0 saturated carbocycles. The number of hydrogen-bond acceptors (Lipinski definition) is 7. The molecule has 12 heteroatoms. The van der Waals surface area contributed by atoms with Gasteiger partial charge in [0.15, 0.2) is 11.5 Å². The number of sulfonamides is 1. The molecule has 0 fully saturated rings. The van der Waals surface area contributed by atoms with E-state index in [9.17, 15) is 12.8 Å². The molecule has 1 heterocycles. The highest BCUT2D eigenvalue weighted by Crippen LogP contribution is 2.36. The van der Waals surface area contributed by atoms with Crippen molar-refractivity contribution in [3.63, 3.8) is 0 Å². The lowest BCUT2D eigenvalue weighted by Gasteiger charge is -2.24. The monoisotopic (exact) mass is 494 g/mol. The van der Waals surface area contributed by atoms with Crippen molar-refractivity contribution in [1.82, 2.24) is 10.3 Å².